The molecular weight excluding hydrogens is 220 g/mol. The van der Waals surface area contributed by atoms with E-state index in [9.17, 15) is 9.90 Å². The monoisotopic (exact) mass is 238 g/mol. The molecule has 0 heterocycles. The minimum atomic E-state index is -0.889. The highest BCUT2D eigenvalue weighted by molar-refractivity contribution is 5.80. The molecule has 1 rings (SSSR count). The lowest BCUT2D eigenvalue weighted by molar-refractivity contribution is 0.00825. The van der Waals surface area contributed by atoms with Crippen molar-refractivity contribution in [3.05, 3.63) is 23.8 Å². The van der Waals surface area contributed by atoms with Crippen molar-refractivity contribution in [2.75, 3.05) is 13.7 Å². The van der Waals surface area contributed by atoms with Gasteiger partial charge in [-0.15, -0.1) is 0 Å². The van der Waals surface area contributed by atoms with Gasteiger partial charge in [0.05, 0.1) is 18.3 Å². The zero-order chi connectivity index (χ0) is 12.9. The number of ether oxygens (including phenoxy) is 2. The molecule has 1 N–H and O–H groups in total. The highest BCUT2D eigenvalue weighted by Gasteiger charge is 2.19. The lowest BCUT2D eigenvalue weighted by Gasteiger charge is -2.22. The molecule has 0 saturated heterocycles. The van der Waals surface area contributed by atoms with Gasteiger partial charge in [-0.05, 0) is 31.5 Å². The van der Waals surface area contributed by atoms with Gasteiger partial charge in [0.1, 0.15) is 18.1 Å². The van der Waals surface area contributed by atoms with Crippen molar-refractivity contribution >= 4 is 6.29 Å². The topological polar surface area (TPSA) is 55.8 Å². The van der Waals surface area contributed by atoms with Crippen LogP contribution in [0.3, 0.4) is 0 Å². The van der Waals surface area contributed by atoms with E-state index < -0.39 is 5.60 Å². The molecule has 17 heavy (non-hydrogen) atoms. The molecule has 0 aliphatic rings. The van der Waals surface area contributed by atoms with Crippen molar-refractivity contribution < 1.29 is 19.4 Å². The van der Waals surface area contributed by atoms with Gasteiger partial charge in [0, 0.05) is 0 Å². The SMILES string of the molecule is CCC(C)(O)COc1ccc(OC)cc1C=O. The average molecular weight is 238 g/mol. The number of aliphatic hydroxyl groups is 1. The fourth-order valence-corrected chi connectivity index (χ4v) is 1.21. The number of rotatable bonds is 6. The van der Waals surface area contributed by atoms with E-state index in [0.29, 0.717) is 29.8 Å². The zero-order valence-corrected chi connectivity index (χ0v) is 10.4. The van der Waals surface area contributed by atoms with Crippen LogP contribution in [0.4, 0.5) is 0 Å². The van der Waals surface area contributed by atoms with Gasteiger partial charge in [0.2, 0.25) is 0 Å². The molecule has 0 aliphatic heterocycles. The summed E-state index contributed by atoms with van der Waals surface area (Å²) >= 11 is 0. The smallest absolute Gasteiger partial charge is 0.153 e. The third-order valence-corrected chi connectivity index (χ3v) is 2.64. The van der Waals surface area contributed by atoms with Crippen LogP contribution in [0.5, 0.6) is 11.5 Å². The summed E-state index contributed by atoms with van der Waals surface area (Å²) in [6, 6.07) is 4.97. The zero-order valence-electron chi connectivity index (χ0n) is 10.4. The van der Waals surface area contributed by atoms with Gasteiger partial charge in [-0.3, -0.25) is 4.79 Å². The first-order valence-corrected chi connectivity index (χ1v) is 5.51. The molecule has 1 aromatic rings. The van der Waals surface area contributed by atoms with Crippen molar-refractivity contribution in [1.29, 1.82) is 0 Å². The summed E-state index contributed by atoms with van der Waals surface area (Å²) in [5.41, 5.74) is -0.476. The second kappa shape index (κ2) is 5.68. The second-order valence-electron chi connectivity index (χ2n) is 4.16. The Morgan fingerprint density at radius 3 is 2.71 bits per heavy atom. The van der Waals surface area contributed by atoms with Crippen LogP contribution in [-0.4, -0.2) is 30.7 Å². The van der Waals surface area contributed by atoms with E-state index in [1.165, 1.54) is 7.11 Å². The molecule has 1 unspecified atom stereocenters. The standard InChI is InChI=1S/C13H18O4/c1-4-13(2,15)9-17-12-6-5-11(16-3)7-10(12)8-14/h5-8,15H,4,9H2,1-3H3. The van der Waals surface area contributed by atoms with E-state index in [4.69, 9.17) is 9.47 Å². The van der Waals surface area contributed by atoms with Gasteiger partial charge in [-0.1, -0.05) is 6.92 Å². The Kier molecular flexibility index (Phi) is 4.52. The Morgan fingerprint density at radius 2 is 2.18 bits per heavy atom. The number of hydrogen-bond donors (Lipinski definition) is 1. The molecule has 1 aromatic carbocycles. The van der Waals surface area contributed by atoms with Gasteiger partial charge in [0.25, 0.3) is 0 Å². The fraction of sp³-hybridized carbons (Fsp3) is 0.462. The van der Waals surface area contributed by atoms with Crippen molar-refractivity contribution in [3.63, 3.8) is 0 Å². The Bertz CT molecular complexity index is 385. The van der Waals surface area contributed by atoms with E-state index in [-0.39, 0.29) is 6.61 Å². The van der Waals surface area contributed by atoms with Crippen molar-refractivity contribution in [2.45, 2.75) is 25.9 Å². The molecule has 1 atom stereocenters. The van der Waals surface area contributed by atoms with Gasteiger partial charge < -0.3 is 14.6 Å². The predicted molar refractivity (Wildman–Crippen MR) is 64.8 cm³/mol. The molecule has 0 amide bonds. The van der Waals surface area contributed by atoms with Gasteiger partial charge in [-0.2, -0.15) is 0 Å². The first kappa shape index (κ1) is 13.5. The molecule has 0 bridgehead atoms. The number of methoxy groups -OCH3 is 1. The molecule has 0 spiro atoms. The molecular formula is C13H18O4. The Hall–Kier alpha value is -1.55. The molecule has 4 heteroatoms. The Labute approximate surface area is 101 Å². The van der Waals surface area contributed by atoms with Crippen molar-refractivity contribution in [3.8, 4) is 11.5 Å². The summed E-state index contributed by atoms with van der Waals surface area (Å²) in [6.07, 6.45) is 1.29. The lowest BCUT2D eigenvalue weighted by atomic mass is 10.1. The number of carbonyl (C=O) groups is 1. The first-order valence-electron chi connectivity index (χ1n) is 5.51. The molecule has 4 nitrogen and oxygen atoms in total. The molecule has 0 aliphatic carbocycles. The quantitative estimate of drug-likeness (QED) is 0.771. The maximum Gasteiger partial charge on any atom is 0.153 e. The second-order valence-corrected chi connectivity index (χ2v) is 4.16. The van der Waals surface area contributed by atoms with Crippen LogP contribution in [0.25, 0.3) is 0 Å². The van der Waals surface area contributed by atoms with Crippen LogP contribution in [0.15, 0.2) is 18.2 Å². The minimum absolute atomic E-state index is 0.149. The third kappa shape index (κ3) is 3.75. The summed E-state index contributed by atoms with van der Waals surface area (Å²) in [6.45, 7) is 3.71. The lowest BCUT2D eigenvalue weighted by Crippen LogP contribution is -2.31. The maximum absolute atomic E-state index is 10.9. The number of benzene rings is 1. The number of hydrogen-bond acceptors (Lipinski definition) is 4. The van der Waals surface area contributed by atoms with E-state index in [0.717, 1.165) is 0 Å². The maximum atomic E-state index is 10.9. The van der Waals surface area contributed by atoms with Crippen LogP contribution in [0, 0.1) is 0 Å². The number of carbonyl (C=O) groups excluding carboxylic acids is 1. The number of aldehydes is 1. The van der Waals surface area contributed by atoms with Crippen molar-refractivity contribution in [1.82, 2.24) is 0 Å². The van der Waals surface area contributed by atoms with Gasteiger partial charge in [-0.25, -0.2) is 0 Å². The fourth-order valence-electron chi connectivity index (χ4n) is 1.21. The first-order chi connectivity index (χ1) is 8.02. The van der Waals surface area contributed by atoms with Crippen LogP contribution in [0.1, 0.15) is 30.6 Å². The van der Waals surface area contributed by atoms with E-state index in [1.807, 2.05) is 6.92 Å². The Balaban J connectivity index is 2.81. The molecule has 0 aromatic heterocycles. The average Bonchev–Trinajstić information content (AvgIpc) is 2.36. The van der Waals surface area contributed by atoms with Crippen LogP contribution in [-0.2, 0) is 0 Å². The largest absolute Gasteiger partial charge is 0.497 e. The minimum Gasteiger partial charge on any atom is -0.497 e. The normalized spacial score (nSPS) is 13.9. The molecule has 94 valence electrons. The van der Waals surface area contributed by atoms with Crippen molar-refractivity contribution in [2.24, 2.45) is 0 Å². The summed E-state index contributed by atoms with van der Waals surface area (Å²) in [5, 5.41) is 9.81. The third-order valence-electron chi connectivity index (χ3n) is 2.64. The summed E-state index contributed by atoms with van der Waals surface area (Å²) in [7, 11) is 1.53. The van der Waals surface area contributed by atoms with Crippen LogP contribution in [0.2, 0.25) is 0 Å². The molecule has 0 radical (unpaired) electrons. The van der Waals surface area contributed by atoms with E-state index in [1.54, 1.807) is 25.1 Å². The van der Waals surface area contributed by atoms with Crippen LogP contribution < -0.4 is 9.47 Å². The molecule has 0 fully saturated rings. The predicted octanol–water partition coefficient (Wildman–Crippen LogP) is 2.05. The summed E-state index contributed by atoms with van der Waals surface area (Å²) < 4.78 is 10.5. The van der Waals surface area contributed by atoms with Crippen LogP contribution >= 0.6 is 0 Å². The summed E-state index contributed by atoms with van der Waals surface area (Å²) in [5.74, 6) is 1.05. The van der Waals surface area contributed by atoms with Gasteiger partial charge in [0.15, 0.2) is 6.29 Å². The van der Waals surface area contributed by atoms with E-state index >= 15 is 0 Å². The van der Waals surface area contributed by atoms with Gasteiger partial charge >= 0.3 is 0 Å². The highest BCUT2D eigenvalue weighted by atomic mass is 16.5. The molecule has 0 saturated carbocycles. The highest BCUT2D eigenvalue weighted by Crippen LogP contribution is 2.23. The van der Waals surface area contributed by atoms with E-state index in [2.05, 4.69) is 0 Å². The Morgan fingerprint density at radius 1 is 1.47 bits per heavy atom. The summed E-state index contributed by atoms with van der Waals surface area (Å²) in [4.78, 5) is 10.9.